The maximum Gasteiger partial charge on any atom is 0.230 e. The van der Waals surface area contributed by atoms with Crippen molar-refractivity contribution in [1.29, 1.82) is 0 Å². The van der Waals surface area contributed by atoms with E-state index in [1.165, 1.54) is 0 Å². The molecule has 0 N–H and O–H groups in total. The van der Waals surface area contributed by atoms with E-state index in [4.69, 9.17) is 29.2 Å². The van der Waals surface area contributed by atoms with Gasteiger partial charge in [-0.25, -0.2) is 4.98 Å². The van der Waals surface area contributed by atoms with Gasteiger partial charge in [0.1, 0.15) is 11.6 Å². The minimum atomic E-state index is 0.290. The van der Waals surface area contributed by atoms with Crippen LogP contribution < -0.4 is 14.5 Å². The minimum absolute atomic E-state index is 0.290. The lowest BCUT2D eigenvalue weighted by Gasteiger charge is -2.37. The number of ether oxygens (including phenoxy) is 3. The third kappa shape index (κ3) is 3.39. The Labute approximate surface area is 198 Å². The van der Waals surface area contributed by atoms with E-state index in [9.17, 15) is 0 Å². The van der Waals surface area contributed by atoms with Crippen LogP contribution in [0.2, 0.25) is 0 Å². The molecule has 1 aromatic carbocycles. The van der Waals surface area contributed by atoms with E-state index in [2.05, 4.69) is 21.9 Å². The second-order valence-corrected chi connectivity index (χ2v) is 9.84. The number of methoxy groups -OCH3 is 1. The highest BCUT2D eigenvalue weighted by Crippen LogP contribution is 2.37. The molecular formula is C26H29N5O3. The van der Waals surface area contributed by atoms with Gasteiger partial charge in [-0.1, -0.05) is 0 Å². The molecule has 2 unspecified atom stereocenters. The van der Waals surface area contributed by atoms with Gasteiger partial charge in [0, 0.05) is 18.7 Å². The second kappa shape index (κ2) is 8.06. The van der Waals surface area contributed by atoms with Gasteiger partial charge in [0.15, 0.2) is 5.65 Å². The van der Waals surface area contributed by atoms with Gasteiger partial charge in [-0.15, -0.1) is 0 Å². The van der Waals surface area contributed by atoms with E-state index < -0.39 is 0 Å². The Hall–Kier alpha value is -2.97. The van der Waals surface area contributed by atoms with Crippen molar-refractivity contribution in [3.63, 3.8) is 0 Å². The Bertz CT molecular complexity index is 1190. The van der Waals surface area contributed by atoms with Crippen LogP contribution in [0.3, 0.4) is 0 Å². The Morgan fingerprint density at radius 3 is 2.29 bits per heavy atom. The monoisotopic (exact) mass is 459 g/mol. The Kier molecular flexibility index (Phi) is 4.84. The lowest BCUT2D eigenvalue weighted by atomic mass is 10.1. The predicted octanol–water partition coefficient (Wildman–Crippen LogP) is 3.44. The van der Waals surface area contributed by atoms with Gasteiger partial charge < -0.3 is 24.0 Å². The summed E-state index contributed by atoms with van der Waals surface area (Å²) in [7, 11) is 1.68. The number of aromatic nitrogens is 3. The van der Waals surface area contributed by atoms with Crippen molar-refractivity contribution in [3.05, 3.63) is 36.4 Å². The lowest BCUT2D eigenvalue weighted by molar-refractivity contribution is 0.0303. The van der Waals surface area contributed by atoms with Crippen LogP contribution in [0.1, 0.15) is 25.7 Å². The van der Waals surface area contributed by atoms with E-state index in [0.29, 0.717) is 24.3 Å². The lowest BCUT2D eigenvalue weighted by Crippen LogP contribution is -2.47. The van der Waals surface area contributed by atoms with Crippen molar-refractivity contribution >= 4 is 22.8 Å². The third-order valence-electron chi connectivity index (χ3n) is 7.73. The van der Waals surface area contributed by atoms with Gasteiger partial charge in [-0.2, -0.15) is 9.97 Å². The normalized spacial score (nSPS) is 28.0. The minimum Gasteiger partial charge on any atom is -0.497 e. The van der Waals surface area contributed by atoms with E-state index in [1.54, 1.807) is 7.11 Å². The standard InChI is InChI=1S/C26H29N5O3/c1-32-19-6-2-16(3-7-19)23-11-10-22-24(27-23)28-26(31-17-4-5-18(31)15-33-14-17)29-25(22)30-12-20-8-9-21(13-30)34-20/h2-3,6-7,10-11,17-18,20-21H,4-5,8-9,12-15H2,1H3/t17-,18+,20?,21?. The Morgan fingerprint density at radius 1 is 0.853 bits per heavy atom. The number of pyridine rings is 1. The number of hydrogen-bond acceptors (Lipinski definition) is 8. The maximum atomic E-state index is 6.11. The molecule has 0 saturated carbocycles. The van der Waals surface area contributed by atoms with Crippen molar-refractivity contribution in [2.45, 2.75) is 50.0 Å². The van der Waals surface area contributed by atoms with Gasteiger partial charge in [0.25, 0.3) is 0 Å². The van der Waals surface area contributed by atoms with Crippen LogP contribution in [0.25, 0.3) is 22.3 Å². The number of benzene rings is 1. The molecule has 0 spiro atoms. The number of anilines is 2. The van der Waals surface area contributed by atoms with Crippen molar-refractivity contribution in [1.82, 2.24) is 15.0 Å². The summed E-state index contributed by atoms with van der Waals surface area (Å²) < 4.78 is 17.3. The smallest absolute Gasteiger partial charge is 0.230 e. The number of nitrogens with zero attached hydrogens (tertiary/aromatic N) is 5. The highest BCUT2D eigenvalue weighted by atomic mass is 16.5. The van der Waals surface area contributed by atoms with Crippen LogP contribution in [0, 0.1) is 0 Å². The number of hydrogen-bond donors (Lipinski definition) is 0. The van der Waals surface area contributed by atoms with Crippen LogP contribution in [0.15, 0.2) is 36.4 Å². The van der Waals surface area contributed by atoms with Crippen molar-refractivity contribution < 1.29 is 14.2 Å². The largest absolute Gasteiger partial charge is 0.497 e. The molecule has 4 saturated heterocycles. The number of rotatable bonds is 4. The van der Waals surface area contributed by atoms with E-state index in [1.807, 2.05) is 24.3 Å². The van der Waals surface area contributed by atoms with Crippen LogP contribution in [0.5, 0.6) is 5.75 Å². The fraction of sp³-hybridized carbons (Fsp3) is 0.500. The summed E-state index contributed by atoms with van der Waals surface area (Å²) in [5, 5.41) is 1.00. The molecule has 0 radical (unpaired) electrons. The summed E-state index contributed by atoms with van der Waals surface area (Å²) in [6.07, 6.45) is 5.09. The van der Waals surface area contributed by atoms with Crippen molar-refractivity contribution in [3.8, 4) is 17.0 Å². The molecule has 4 bridgehead atoms. The first-order valence-electron chi connectivity index (χ1n) is 12.3. The molecule has 8 nitrogen and oxygen atoms in total. The molecule has 176 valence electrons. The average molecular weight is 460 g/mol. The highest BCUT2D eigenvalue weighted by molar-refractivity contribution is 5.90. The fourth-order valence-corrected chi connectivity index (χ4v) is 6.00. The van der Waals surface area contributed by atoms with Crippen LogP contribution in [-0.2, 0) is 9.47 Å². The molecule has 7 rings (SSSR count). The molecule has 3 aromatic rings. The first kappa shape index (κ1) is 20.4. The second-order valence-electron chi connectivity index (χ2n) is 9.84. The van der Waals surface area contributed by atoms with Crippen LogP contribution in [0.4, 0.5) is 11.8 Å². The molecule has 34 heavy (non-hydrogen) atoms. The Morgan fingerprint density at radius 2 is 1.59 bits per heavy atom. The molecule has 0 amide bonds. The highest BCUT2D eigenvalue weighted by Gasteiger charge is 2.40. The fourth-order valence-electron chi connectivity index (χ4n) is 6.00. The summed E-state index contributed by atoms with van der Waals surface area (Å²) in [5.41, 5.74) is 2.69. The topological polar surface area (TPSA) is 72.8 Å². The average Bonchev–Trinajstić information content (AvgIpc) is 3.35. The first-order valence-corrected chi connectivity index (χ1v) is 12.3. The van der Waals surface area contributed by atoms with E-state index >= 15 is 0 Å². The number of fused-ring (bicyclic) bond motifs is 5. The molecule has 6 heterocycles. The van der Waals surface area contributed by atoms with Gasteiger partial charge in [0.05, 0.1) is 55.7 Å². The molecular weight excluding hydrogens is 430 g/mol. The van der Waals surface area contributed by atoms with Gasteiger partial charge >= 0.3 is 0 Å². The third-order valence-corrected chi connectivity index (χ3v) is 7.73. The van der Waals surface area contributed by atoms with Crippen molar-refractivity contribution in [2.75, 3.05) is 43.2 Å². The Balaban J connectivity index is 1.34. The zero-order valence-corrected chi connectivity index (χ0v) is 19.4. The van der Waals surface area contributed by atoms with Gasteiger partial charge in [-0.05, 0) is 62.1 Å². The molecule has 0 aliphatic carbocycles. The zero-order valence-electron chi connectivity index (χ0n) is 19.4. The molecule has 4 aliphatic heterocycles. The summed E-state index contributed by atoms with van der Waals surface area (Å²) in [5.74, 6) is 2.61. The van der Waals surface area contributed by atoms with Gasteiger partial charge in [-0.3, -0.25) is 0 Å². The summed E-state index contributed by atoms with van der Waals surface area (Å²) >= 11 is 0. The zero-order chi connectivity index (χ0) is 22.6. The molecule has 2 aromatic heterocycles. The maximum absolute atomic E-state index is 6.11. The predicted molar refractivity (Wildman–Crippen MR) is 130 cm³/mol. The van der Waals surface area contributed by atoms with E-state index in [-0.39, 0.29) is 0 Å². The van der Waals surface area contributed by atoms with Gasteiger partial charge in [0.2, 0.25) is 5.95 Å². The number of morpholine rings is 2. The molecule has 8 heteroatoms. The van der Waals surface area contributed by atoms with Crippen LogP contribution in [-0.4, -0.2) is 72.7 Å². The summed E-state index contributed by atoms with van der Waals surface area (Å²) in [6, 6.07) is 12.9. The van der Waals surface area contributed by atoms with E-state index in [0.717, 1.165) is 91.8 Å². The summed E-state index contributed by atoms with van der Waals surface area (Å²) in [6.45, 7) is 3.24. The quantitative estimate of drug-likeness (QED) is 0.588. The summed E-state index contributed by atoms with van der Waals surface area (Å²) in [4.78, 5) is 20.0. The molecule has 4 fully saturated rings. The molecule has 4 atom stereocenters. The van der Waals surface area contributed by atoms with Crippen molar-refractivity contribution in [2.24, 2.45) is 0 Å². The van der Waals surface area contributed by atoms with Crippen LogP contribution >= 0.6 is 0 Å². The first-order chi connectivity index (χ1) is 16.7. The SMILES string of the molecule is COc1ccc(-c2ccc3c(N4CC5CCC(C4)O5)nc(N4[C@@H]5CC[C@H]4COC5)nc3n2)cc1. The molecule has 4 aliphatic rings.